The number of fused-ring (bicyclic) bond motifs is 1. The maximum absolute atomic E-state index is 11.8. The zero-order chi connectivity index (χ0) is 27.3. The molecule has 0 amide bonds. The third kappa shape index (κ3) is 5.68. The normalized spacial score (nSPS) is 11.8. The Morgan fingerprint density at radius 1 is 0.650 bits per heavy atom. The zero-order valence-corrected chi connectivity index (χ0v) is 22.7. The third-order valence-corrected chi connectivity index (χ3v) is 8.23. The minimum atomic E-state index is -0.976. The minimum absolute atomic E-state index is 0.308. The summed E-state index contributed by atoms with van der Waals surface area (Å²) in [6.45, 7) is 0. The molecule has 1 atom stereocenters. The van der Waals surface area contributed by atoms with Crippen LogP contribution in [0.1, 0.15) is 16.0 Å². The molecule has 6 aromatic rings. The lowest BCUT2D eigenvalue weighted by Crippen LogP contribution is -2.29. The zero-order valence-electron chi connectivity index (χ0n) is 21.9. The van der Waals surface area contributed by atoms with Gasteiger partial charge >= 0.3 is 5.97 Å². The summed E-state index contributed by atoms with van der Waals surface area (Å²) < 4.78 is 7.14. The van der Waals surface area contributed by atoms with E-state index in [2.05, 4.69) is 78.9 Å². The lowest BCUT2D eigenvalue weighted by Gasteiger charge is -2.15. The molecule has 0 aliphatic rings. The van der Waals surface area contributed by atoms with Gasteiger partial charge in [0.05, 0.1) is 0 Å². The molecule has 0 saturated carbocycles. The van der Waals surface area contributed by atoms with Crippen molar-refractivity contribution in [3.63, 3.8) is 0 Å². The Bertz CT molecular complexity index is 1720. The van der Waals surface area contributed by atoms with Crippen LogP contribution in [0.2, 0.25) is 0 Å². The molecule has 196 valence electrons. The standard InChI is InChI=1S/C36H28O3S/c37-36(38)32(23-25-9-3-1-4-10-25)39-30-21-19-28(20-22-30)27-15-17-29(18-16-27)35-31-13-7-8-14-33(31)40-34(35)24-26-11-5-2-6-12-26/h1-22,32H,23-24H2,(H,37,38)/t32-/m1/s1. The number of carboxylic acid groups (broad SMARTS) is 1. The van der Waals surface area contributed by atoms with Gasteiger partial charge < -0.3 is 9.84 Å². The van der Waals surface area contributed by atoms with Crippen molar-refractivity contribution in [1.82, 2.24) is 0 Å². The molecule has 5 aromatic carbocycles. The average molecular weight is 541 g/mol. The number of rotatable bonds is 9. The van der Waals surface area contributed by atoms with E-state index in [-0.39, 0.29) is 0 Å². The van der Waals surface area contributed by atoms with E-state index < -0.39 is 12.1 Å². The Morgan fingerprint density at radius 2 is 1.20 bits per heavy atom. The molecule has 4 heteroatoms. The minimum Gasteiger partial charge on any atom is -0.478 e. The van der Waals surface area contributed by atoms with E-state index >= 15 is 0 Å². The van der Waals surface area contributed by atoms with E-state index in [0.29, 0.717) is 12.2 Å². The average Bonchev–Trinajstić information content (AvgIpc) is 3.36. The Labute approximate surface area is 238 Å². The number of carbonyl (C=O) groups is 1. The summed E-state index contributed by atoms with van der Waals surface area (Å²) in [5, 5.41) is 11.0. The van der Waals surface area contributed by atoms with Gasteiger partial charge in [-0.1, -0.05) is 115 Å². The van der Waals surface area contributed by atoms with Crippen LogP contribution in [0.5, 0.6) is 5.75 Å². The van der Waals surface area contributed by atoms with E-state index in [1.807, 2.05) is 65.9 Å². The fourth-order valence-corrected chi connectivity index (χ4v) is 6.31. The predicted octanol–water partition coefficient (Wildman–Crippen LogP) is 8.90. The van der Waals surface area contributed by atoms with Crippen molar-refractivity contribution in [2.75, 3.05) is 0 Å². The van der Waals surface area contributed by atoms with Crippen molar-refractivity contribution in [2.24, 2.45) is 0 Å². The monoisotopic (exact) mass is 540 g/mol. The van der Waals surface area contributed by atoms with E-state index in [9.17, 15) is 9.90 Å². The van der Waals surface area contributed by atoms with Crippen molar-refractivity contribution in [1.29, 1.82) is 0 Å². The highest BCUT2D eigenvalue weighted by Crippen LogP contribution is 2.40. The Kier molecular flexibility index (Phi) is 7.43. The molecule has 0 saturated heterocycles. The van der Waals surface area contributed by atoms with Crippen LogP contribution in [-0.4, -0.2) is 17.2 Å². The maximum Gasteiger partial charge on any atom is 0.345 e. The number of benzene rings is 5. The molecule has 1 aromatic heterocycles. The number of hydrogen-bond acceptors (Lipinski definition) is 3. The van der Waals surface area contributed by atoms with Gasteiger partial charge in [0.15, 0.2) is 6.10 Å². The summed E-state index contributed by atoms with van der Waals surface area (Å²) in [5.41, 5.74) is 6.89. The van der Waals surface area contributed by atoms with Crippen LogP contribution in [0.4, 0.5) is 0 Å². The van der Waals surface area contributed by atoms with E-state index in [1.54, 1.807) is 0 Å². The fraction of sp³-hybridized carbons (Fsp3) is 0.0833. The fourth-order valence-electron chi connectivity index (χ4n) is 5.05. The summed E-state index contributed by atoms with van der Waals surface area (Å²) in [4.78, 5) is 13.2. The molecule has 0 aliphatic heterocycles. The number of carboxylic acids is 1. The van der Waals surface area contributed by atoms with Crippen LogP contribution in [0.3, 0.4) is 0 Å². The van der Waals surface area contributed by atoms with Gasteiger partial charge in [0.25, 0.3) is 0 Å². The van der Waals surface area contributed by atoms with Crippen molar-refractivity contribution >= 4 is 27.4 Å². The Balaban J connectivity index is 1.23. The van der Waals surface area contributed by atoms with Crippen LogP contribution >= 0.6 is 11.3 Å². The van der Waals surface area contributed by atoms with Gasteiger partial charge in [-0.3, -0.25) is 0 Å². The van der Waals surface area contributed by atoms with Gasteiger partial charge in [-0.15, -0.1) is 11.3 Å². The van der Waals surface area contributed by atoms with E-state index in [4.69, 9.17) is 4.74 Å². The predicted molar refractivity (Wildman–Crippen MR) is 164 cm³/mol. The summed E-state index contributed by atoms with van der Waals surface area (Å²) in [6.07, 6.45) is 0.265. The first-order valence-electron chi connectivity index (χ1n) is 13.3. The molecule has 1 heterocycles. The van der Waals surface area contributed by atoms with Gasteiger partial charge in [-0.25, -0.2) is 4.79 Å². The molecule has 1 N–H and O–H groups in total. The molecule has 0 fully saturated rings. The van der Waals surface area contributed by atoms with Crippen LogP contribution < -0.4 is 4.74 Å². The largest absolute Gasteiger partial charge is 0.478 e. The molecule has 6 rings (SSSR count). The van der Waals surface area contributed by atoms with Gasteiger partial charge in [-0.2, -0.15) is 0 Å². The third-order valence-electron chi connectivity index (χ3n) is 7.05. The quantitative estimate of drug-likeness (QED) is 0.199. The van der Waals surface area contributed by atoms with Crippen molar-refractivity contribution in [3.8, 4) is 28.0 Å². The molecular formula is C36H28O3S. The first-order chi connectivity index (χ1) is 19.6. The lowest BCUT2D eigenvalue weighted by molar-refractivity contribution is -0.145. The Morgan fingerprint density at radius 3 is 1.85 bits per heavy atom. The second-order valence-corrected chi connectivity index (χ2v) is 10.9. The van der Waals surface area contributed by atoms with Crippen molar-refractivity contribution in [2.45, 2.75) is 18.9 Å². The van der Waals surface area contributed by atoms with Gasteiger partial charge in [0.1, 0.15) is 5.75 Å². The topological polar surface area (TPSA) is 46.5 Å². The second-order valence-electron chi connectivity index (χ2n) is 9.79. The number of aliphatic carboxylic acids is 1. The maximum atomic E-state index is 11.8. The molecule has 0 radical (unpaired) electrons. The molecule has 0 bridgehead atoms. The summed E-state index contributed by atoms with van der Waals surface area (Å²) in [6, 6.07) is 45.1. The first kappa shape index (κ1) is 25.6. The van der Waals surface area contributed by atoms with Gasteiger partial charge in [0.2, 0.25) is 0 Å². The number of ether oxygens (including phenoxy) is 1. The number of thiophene rings is 1. The highest BCUT2D eigenvalue weighted by molar-refractivity contribution is 7.19. The summed E-state index contributed by atoms with van der Waals surface area (Å²) >= 11 is 1.87. The Hall–Kier alpha value is -4.67. The smallest absolute Gasteiger partial charge is 0.345 e. The number of hydrogen-bond donors (Lipinski definition) is 1. The van der Waals surface area contributed by atoms with Gasteiger partial charge in [-0.05, 0) is 46.0 Å². The summed E-state index contributed by atoms with van der Waals surface area (Å²) in [7, 11) is 0. The summed E-state index contributed by atoms with van der Waals surface area (Å²) in [5.74, 6) is -0.435. The SMILES string of the molecule is O=C(O)[C@@H](Cc1ccccc1)Oc1ccc(-c2ccc(-c3c(Cc4ccccc4)sc4ccccc34)cc2)cc1. The molecule has 0 aliphatic carbocycles. The van der Waals surface area contributed by atoms with Crippen LogP contribution in [0.25, 0.3) is 32.3 Å². The van der Waals surface area contributed by atoms with Crippen LogP contribution in [-0.2, 0) is 17.6 Å². The highest BCUT2D eigenvalue weighted by Gasteiger charge is 2.20. The highest BCUT2D eigenvalue weighted by atomic mass is 32.1. The van der Waals surface area contributed by atoms with E-state index in [1.165, 1.54) is 31.7 Å². The van der Waals surface area contributed by atoms with Crippen molar-refractivity contribution in [3.05, 3.63) is 149 Å². The van der Waals surface area contributed by atoms with Crippen molar-refractivity contribution < 1.29 is 14.6 Å². The van der Waals surface area contributed by atoms with Gasteiger partial charge in [0, 0.05) is 33.4 Å². The molecule has 0 unspecified atom stereocenters. The van der Waals surface area contributed by atoms with E-state index in [0.717, 1.165) is 23.1 Å². The second kappa shape index (κ2) is 11.6. The molecule has 3 nitrogen and oxygen atoms in total. The molecular weight excluding hydrogens is 512 g/mol. The van der Waals surface area contributed by atoms with Crippen LogP contribution in [0.15, 0.2) is 133 Å². The lowest BCUT2D eigenvalue weighted by atomic mass is 9.96. The van der Waals surface area contributed by atoms with Crippen LogP contribution in [0, 0.1) is 0 Å². The first-order valence-corrected chi connectivity index (χ1v) is 14.1. The molecule has 40 heavy (non-hydrogen) atoms. The molecule has 0 spiro atoms.